The van der Waals surface area contributed by atoms with Crippen LogP contribution in [0.1, 0.15) is 16.8 Å². The lowest BCUT2D eigenvalue weighted by Crippen LogP contribution is -2.39. The summed E-state index contributed by atoms with van der Waals surface area (Å²) >= 11 is 5.78. The van der Waals surface area contributed by atoms with Crippen molar-refractivity contribution >= 4 is 35.2 Å². The zero-order chi connectivity index (χ0) is 14.7. The lowest BCUT2D eigenvalue weighted by Gasteiger charge is -2.13. The molecule has 20 heavy (non-hydrogen) atoms. The molecule has 0 bridgehead atoms. The Hall–Kier alpha value is -2.28. The minimum absolute atomic E-state index is 0.0647. The molecule has 1 aliphatic rings. The molecule has 1 fully saturated rings. The van der Waals surface area contributed by atoms with Crippen LogP contribution in [0, 0.1) is 0 Å². The SMILES string of the molecule is O=C1CC(NC(=O)Nc2cc(Cl)ccc2C(=O)O)CN1. The van der Waals surface area contributed by atoms with Crippen LogP contribution in [-0.2, 0) is 4.79 Å². The monoisotopic (exact) mass is 297 g/mol. The maximum absolute atomic E-state index is 11.8. The molecule has 0 aliphatic carbocycles. The Labute approximate surface area is 119 Å². The van der Waals surface area contributed by atoms with Gasteiger partial charge in [-0.1, -0.05) is 11.6 Å². The van der Waals surface area contributed by atoms with Crippen LogP contribution in [0.15, 0.2) is 18.2 Å². The van der Waals surface area contributed by atoms with Crippen molar-refractivity contribution in [3.63, 3.8) is 0 Å². The summed E-state index contributed by atoms with van der Waals surface area (Å²) in [6.07, 6.45) is 0.203. The van der Waals surface area contributed by atoms with E-state index in [-0.39, 0.29) is 29.6 Å². The molecule has 1 unspecified atom stereocenters. The van der Waals surface area contributed by atoms with Gasteiger partial charge in [0.2, 0.25) is 5.91 Å². The van der Waals surface area contributed by atoms with Crippen molar-refractivity contribution in [3.05, 3.63) is 28.8 Å². The second kappa shape index (κ2) is 5.79. The van der Waals surface area contributed by atoms with Crippen molar-refractivity contribution in [2.75, 3.05) is 11.9 Å². The number of carbonyl (C=O) groups is 3. The van der Waals surface area contributed by atoms with E-state index < -0.39 is 12.0 Å². The summed E-state index contributed by atoms with van der Waals surface area (Å²) in [4.78, 5) is 33.8. The number of rotatable bonds is 3. The first-order chi connectivity index (χ1) is 9.45. The van der Waals surface area contributed by atoms with Gasteiger partial charge in [0.15, 0.2) is 0 Å². The summed E-state index contributed by atoms with van der Waals surface area (Å²) in [5.74, 6) is -1.31. The predicted octanol–water partition coefficient (Wildman–Crippen LogP) is 1.05. The minimum atomic E-state index is -1.17. The van der Waals surface area contributed by atoms with Crippen LogP contribution in [0.3, 0.4) is 0 Å². The summed E-state index contributed by atoms with van der Waals surface area (Å²) in [6.45, 7) is 0.355. The molecule has 106 valence electrons. The molecule has 0 aromatic heterocycles. The van der Waals surface area contributed by atoms with Crippen LogP contribution in [0.5, 0.6) is 0 Å². The van der Waals surface area contributed by atoms with E-state index in [0.29, 0.717) is 11.6 Å². The van der Waals surface area contributed by atoms with E-state index in [4.69, 9.17) is 16.7 Å². The number of nitrogens with one attached hydrogen (secondary N) is 3. The number of hydrogen-bond acceptors (Lipinski definition) is 3. The molecule has 7 nitrogen and oxygen atoms in total. The number of halogens is 1. The number of carboxylic acid groups (broad SMARTS) is 1. The highest BCUT2D eigenvalue weighted by molar-refractivity contribution is 6.31. The lowest BCUT2D eigenvalue weighted by molar-refractivity contribution is -0.119. The number of anilines is 1. The highest BCUT2D eigenvalue weighted by Gasteiger charge is 2.23. The molecule has 1 heterocycles. The van der Waals surface area contributed by atoms with E-state index in [0.717, 1.165) is 0 Å². The van der Waals surface area contributed by atoms with Crippen molar-refractivity contribution in [2.45, 2.75) is 12.5 Å². The van der Waals surface area contributed by atoms with Gasteiger partial charge >= 0.3 is 12.0 Å². The number of benzene rings is 1. The average molecular weight is 298 g/mol. The molecule has 1 aromatic rings. The smallest absolute Gasteiger partial charge is 0.337 e. The van der Waals surface area contributed by atoms with Crippen LogP contribution in [0.2, 0.25) is 5.02 Å². The van der Waals surface area contributed by atoms with E-state index in [1.165, 1.54) is 18.2 Å². The van der Waals surface area contributed by atoms with E-state index >= 15 is 0 Å². The molecule has 3 amide bonds. The summed E-state index contributed by atoms with van der Waals surface area (Å²) in [7, 11) is 0. The highest BCUT2D eigenvalue weighted by Crippen LogP contribution is 2.21. The third kappa shape index (κ3) is 3.39. The Balaban J connectivity index is 2.05. The summed E-state index contributed by atoms with van der Waals surface area (Å²) < 4.78 is 0. The number of carboxylic acids is 1. The van der Waals surface area contributed by atoms with Crippen LogP contribution >= 0.6 is 11.6 Å². The standard InChI is InChI=1S/C12H12ClN3O4/c13-6-1-2-8(11(18)19)9(3-6)16-12(20)15-7-4-10(17)14-5-7/h1-3,7H,4-5H2,(H,14,17)(H,18,19)(H2,15,16,20). The van der Waals surface area contributed by atoms with E-state index in [9.17, 15) is 14.4 Å². The van der Waals surface area contributed by atoms with Gasteiger partial charge in [0.05, 0.1) is 17.3 Å². The molecule has 1 atom stereocenters. The maximum Gasteiger partial charge on any atom is 0.337 e. The van der Waals surface area contributed by atoms with Gasteiger partial charge in [-0.3, -0.25) is 4.79 Å². The van der Waals surface area contributed by atoms with Crippen molar-refractivity contribution in [3.8, 4) is 0 Å². The van der Waals surface area contributed by atoms with Crippen LogP contribution in [0.25, 0.3) is 0 Å². The Morgan fingerprint density at radius 1 is 1.40 bits per heavy atom. The first-order valence-corrected chi connectivity index (χ1v) is 6.20. The fourth-order valence-corrected chi connectivity index (χ4v) is 2.03. The van der Waals surface area contributed by atoms with Gasteiger partial charge in [-0.25, -0.2) is 9.59 Å². The first-order valence-electron chi connectivity index (χ1n) is 5.83. The number of carbonyl (C=O) groups excluding carboxylic acids is 2. The predicted molar refractivity (Wildman–Crippen MR) is 72.0 cm³/mol. The Kier molecular flexibility index (Phi) is 4.09. The molecule has 1 aromatic carbocycles. The van der Waals surface area contributed by atoms with Gasteiger partial charge in [-0.15, -0.1) is 0 Å². The molecule has 0 radical (unpaired) electrons. The fourth-order valence-electron chi connectivity index (χ4n) is 1.86. The molecule has 2 rings (SSSR count). The second-order valence-corrected chi connectivity index (χ2v) is 4.74. The third-order valence-electron chi connectivity index (χ3n) is 2.77. The zero-order valence-corrected chi connectivity index (χ0v) is 11.0. The van der Waals surface area contributed by atoms with Crippen LogP contribution in [0.4, 0.5) is 10.5 Å². The van der Waals surface area contributed by atoms with Crippen molar-refractivity contribution in [2.24, 2.45) is 0 Å². The zero-order valence-electron chi connectivity index (χ0n) is 10.3. The Bertz CT molecular complexity index is 576. The molecule has 1 aliphatic heterocycles. The Morgan fingerprint density at radius 3 is 2.75 bits per heavy atom. The van der Waals surface area contributed by atoms with Gasteiger partial charge in [-0.05, 0) is 18.2 Å². The molecular formula is C12H12ClN3O4. The fraction of sp³-hybridized carbons (Fsp3) is 0.250. The minimum Gasteiger partial charge on any atom is -0.478 e. The number of urea groups is 1. The second-order valence-electron chi connectivity index (χ2n) is 4.30. The van der Waals surface area contributed by atoms with E-state index in [1.54, 1.807) is 0 Å². The van der Waals surface area contributed by atoms with Gasteiger partial charge < -0.3 is 21.1 Å². The van der Waals surface area contributed by atoms with E-state index in [1.807, 2.05) is 0 Å². The Morgan fingerprint density at radius 2 is 2.15 bits per heavy atom. The largest absolute Gasteiger partial charge is 0.478 e. The summed E-state index contributed by atoms with van der Waals surface area (Å²) in [5.41, 5.74) is 0.0324. The lowest BCUT2D eigenvalue weighted by atomic mass is 10.2. The number of hydrogen-bond donors (Lipinski definition) is 4. The van der Waals surface area contributed by atoms with Gasteiger partial charge in [0.25, 0.3) is 0 Å². The molecule has 8 heteroatoms. The molecular weight excluding hydrogens is 286 g/mol. The molecule has 4 N–H and O–H groups in total. The summed E-state index contributed by atoms with van der Waals surface area (Å²) in [5, 5.41) is 16.9. The van der Waals surface area contributed by atoms with Crippen molar-refractivity contribution < 1.29 is 19.5 Å². The van der Waals surface area contributed by atoms with Crippen molar-refractivity contribution in [1.29, 1.82) is 0 Å². The molecule has 0 spiro atoms. The number of aromatic carboxylic acids is 1. The maximum atomic E-state index is 11.8. The molecule has 0 saturated carbocycles. The van der Waals surface area contributed by atoms with Gasteiger partial charge in [0.1, 0.15) is 0 Å². The quantitative estimate of drug-likeness (QED) is 0.669. The van der Waals surface area contributed by atoms with Crippen LogP contribution in [-0.4, -0.2) is 35.6 Å². The normalized spacial score (nSPS) is 17.4. The molecule has 1 saturated heterocycles. The van der Waals surface area contributed by atoms with Gasteiger partial charge in [0, 0.05) is 18.0 Å². The highest BCUT2D eigenvalue weighted by atomic mass is 35.5. The number of amides is 3. The van der Waals surface area contributed by atoms with Crippen molar-refractivity contribution in [1.82, 2.24) is 10.6 Å². The van der Waals surface area contributed by atoms with E-state index in [2.05, 4.69) is 16.0 Å². The van der Waals surface area contributed by atoms with Gasteiger partial charge in [-0.2, -0.15) is 0 Å². The summed E-state index contributed by atoms with van der Waals surface area (Å²) in [6, 6.07) is 3.18. The van der Waals surface area contributed by atoms with Crippen LogP contribution < -0.4 is 16.0 Å². The average Bonchev–Trinajstić information content (AvgIpc) is 2.74. The topological polar surface area (TPSA) is 108 Å². The third-order valence-corrected chi connectivity index (χ3v) is 3.01. The first kappa shape index (κ1) is 14.1.